The SMILES string of the molecule is CN=C(NCCNS(=O)(=O)c1ccccc1)NCc1nc(C(C)C)cs1.I. The fraction of sp³-hybridized carbons (Fsp3) is 0.412. The molecule has 3 N–H and O–H groups in total. The van der Waals surface area contributed by atoms with E-state index in [1.165, 1.54) is 0 Å². The molecule has 1 aromatic carbocycles. The molecule has 0 atom stereocenters. The van der Waals surface area contributed by atoms with E-state index < -0.39 is 10.0 Å². The molecule has 0 bridgehead atoms. The molecule has 10 heteroatoms. The monoisotopic (exact) mass is 523 g/mol. The third-order valence-corrected chi connectivity index (χ3v) is 5.90. The van der Waals surface area contributed by atoms with Crippen LogP contribution in [-0.4, -0.2) is 39.5 Å². The number of benzene rings is 1. The zero-order valence-corrected chi connectivity index (χ0v) is 19.6. The first-order chi connectivity index (χ1) is 12.4. The van der Waals surface area contributed by atoms with E-state index in [1.54, 1.807) is 48.7 Å². The highest BCUT2D eigenvalue weighted by Gasteiger charge is 2.12. The largest absolute Gasteiger partial charge is 0.355 e. The molecule has 2 rings (SSSR count). The second-order valence-electron chi connectivity index (χ2n) is 5.88. The van der Waals surface area contributed by atoms with Crippen LogP contribution in [0.15, 0.2) is 45.6 Å². The van der Waals surface area contributed by atoms with Gasteiger partial charge in [-0.3, -0.25) is 4.99 Å². The maximum absolute atomic E-state index is 12.1. The minimum Gasteiger partial charge on any atom is -0.355 e. The van der Waals surface area contributed by atoms with Crippen LogP contribution in [0.3, 0.4) is 0 Å². The van der Waals surface area contributed by atoms with Gasteiger partial charge in [0.2, 0.25) is 10.0 Å². The van der Waals surface area contributed by atoms with Crippen molar-refractivity contribution in [1.82, 2.24) is 20.3 Å². The molecule has 0 saturated heterocycles. The van der Waals surface area contributed by atoms with Gasteiger partial charge in [-0.05, 0) is 18.1 Å². The van der Waals surface area contributed by atoms with E-state index in [2.05, 4.69) is 44.6 Å². The summed E-state index contributed by atoms with van der Waals surface area (Å²) in [6.07, 6.45) is 0. The molecule has 27 heavy (non-hydrogen) atoms. The molecule has 0 saturated carbocycles. The van der Waals surface area contributed by atoms with Crippen molar-refractivity contribution in [3.8, 4) is 0 Å². The number of thiazole rings is 1. The molecule has 0 unspecified atom stereocenters. The van der Waals surface area contributed by atoms with Crippen molar-refractivity contribution in [1.29, 1.82) is 0 Å². The van der Waals surface area contributed by atoms with Crippen LogP contribution in [0.1, 0.15) is 30.5 Å². The first-order valence-electron chi connectivity index (χ1n) is 8.36. The molecule has 0 aliphatic heterocycles. The molecule has 1 aromatic heterocycles. The van der Waals surface area contributed by atoms with Gasteiger partial charge in [-0.25, -0.2) is 18.1 Å². The van der Waals surface area contributed by atoms with Crippen molar-refractivity contribution in [2.75, 3.05) is 20.1 Å². The van der Waals surface area contributed by atoms with Crippen LogP contribution in [0, 0.1) is 0 Å². The summed E-state index contributed by atoms with van der Waals surface area (Å²) in [5.74, 6) is 1.01. The standard InChI is InChI=1S/C17H25N5O2S2.HI/c1-13(2)15-12-25-16(22-15)11-20-17(18-3)19-9-10-21-26(23,24)14-7-5-4-6-8-14;/h4-8,12-13,21H,9-11H2,1-3H3,(H2,18,19,20);1H. The van der Waals surface area contributed by atoms with Crippen molar-refractivity contribution in [2.45, 2.75) is 31.2 Å². The molecule has 7 nitrogen and oxygen atoms in total. The molecule has 0 aliphatic rings. The number of nitrogens with one attached hydrogen (secondary N) is 3. The average Bonchev–Trinajstić information content (AvgIpc) is 3.11. The second kappa shape index (κ2) is 11.6. The summed E-state index contributed by atoms with van der Waals surface area (Å²) in [4.78, 5) is 8.95. The number of hydrogen-bond donors (Lipinski definition) is 3. The molecule has 150 valence electrons. The Hall–Kier alpha value is -1.24. The lowest BCUT2D eigenvalue weighted by molar-refractivity contribution is 0.580. The van der Waals surface area contributed by atoms with E-state index in [0.717, 1.165) is 10.7 Å². The highest BCUT2D eigenvalue weighted by atomic mass is 127. The topological polar surface area (TPSA) is 95.5 Å². The molecule has 2 aromatic rings. The van der Waals surface area contributed by atoms with Gasteiger partial charge in [-0.1, -0.05) is 32.0 Å². The highest BCUT2D eigenvalue weighted by molar-refractivity contribution is 14.0. The predicted octanol–water partition coefficient (Wildman–Crippen LogP) is 2.53. The fourth-order valence-corrected chi connectivity index (χ4v) is 4.05. The van der Waals surface area contributed by atoms with Crippen LogP contribution >= 0.6 is 35.3 Å². The maximum atomic E-state index is 12.1. The third kappa shape index (κ3) is 7.72. The molecule has 1 heterocycles. The van der Waals surface area contributed by atoms with Crippen LogP contribution in [-0.2, 0) is 16.6 Å². The maximum Gasteiger partial charge on any atom is 0.240 e. The normalized spacial score (nSPS) is 11.9. The summed E-state index contributed by atoms with van der Waals surface area (Å²) in [5.41, 5.74) is 1.09. The van der Waals surface area contributed by atoms with Crippen molar-refractivity contribution in [3.63, 3.8) is 0 Å². The summed E-state index contributed by atoms with van der Waals surface area (Å²) in [6, 6.07) is 8.30. The summed E-state index contributed by atoms with van der Waals surface area (Å²) in [6.45, 7) is 5.48. The number of aromatic nitrogens is 1. The van der Waals surface area contributed by atoms with Crippen molar-refractivity contribution in [2.24, 2.45) is 4.99 Å². The van der Waals surface area contributed by atoms with E-state index in [0.29, 0.717) is 25.0 Å². The minimum atomic E-state index is -3.48. The van der Waals surface area contributed by atoms with Gasteiger partial charge in [0.25, 0.3) is 0 Å². The Labute approximate surface area is 182 Å². The van der Waals surface area contributed by atoms with Crippen LogP contribution in [0.4, 0.5) is 0 Å². The highest BCUT2D eigenvalue weighted by Crippen LogP contribution is 2.17. The zero-order chi connectivity index (χ0) is 19.0. The zero-order valence-electron chi connectivity index (χ0n) is 15.6. The lowest BCUT2D eigenvalue weighted by atomic mass is 10.2. The molecule has 0 amide bonds. The van der Waals surface area contributed by atoms with E-state index in [9.17, 15) is 8.42 Å². The number of halogens is 1. The Kier molecular flexibility index (Phi) is 10.2. The second-order valence-corrected chi connectivity index (χ2v) is 8.59. The first kappa shape index (κ1) is 23.8. The van der Waals surface area contributed by atoms with Crippen LogP contribution < -0.4 is 15.4 Å². The average molecular weight is 523 g/mol. The Morgan fingerprint density at radius 2 is 1.89 bits per heavy atom. The van der Waals surface area contributed by atoms with Crippen LogP contribution in [0.25, 0.3) is 0 Å². The summed E-state index contributed by atoms with van der Waals surface area (Å²) in [7, 11) is -1.81. The lowest BCUT2D eigenvalue weighted by Gasteiger charge is -2.11. The van der Waals surface area contributed by atoms with E-state index in [-0.39, 0.29) is 35.4 Å². The van der Waals surface area contributed by atoms with Crippen LogP contribution in [0.5, 0.6) is 0 Å². The Morgan fingerprint density at radius 1 is 1.19 bits per heavy atom. The van der Waals surface area contributed by atoms with Gasteiger partial charge in [0.15, 0.2) is 5.96 Å². The summed E-state index contributed by atoms with van der Waals surface area (Å²) >= 11 is 1.61. The molecule has 0 radical (unpaired) electrons. The minimum absolute atomic E-state index is 0. The van der Waals surface area contributed by atoms with Gasteiger partial charge >= 0.3 is 0 Å². The summed E-state index contributed by atoms with van der Waals surface area (Å²) in [5, 5.41) is 9.31. The van der Waals surface area contributed by atoms with Gasteiger partial charge in [0.1, 0.15) is 5.01 Å². The van der Waals surface area contributed by atoms with Gasteiger partial charge in [0, 0.05) is 25.5 Å². The van der Waals surface area contributed by atoms with E-state index >= 15 is 0 Å². The van der Waals surface area contributed by atoms with E-state index in [4.69, 9.17) is 0 Å². The Bertz CT molecular complexity index is 823. The number of nitrogens with zero attached hydrogens (tertiary/aromatic N) is 2. The number of hydrogen-bond acceptors (Lipinski definition) is 5. The molecule has 0 aliphatic carbocycles. The number of guanidine groups is 1. The van der Waals surface area contributed by atoms with Crippen molar-refractivity contribution in [3.05, 3.63) is 46.4 Å². The van der Waals surface area contributed by atoms with Crippen LogP contribution in [0.2, 0.25) is 0 Å². The number of sulfonamides is 1. The quantitative estimate of drug-likeness (QED) is 0.214. The Morgan fingerprint density at radius 3 is 2.48 bits per heavy atom. The molecular weight excluding hydrogens is 497 g/mol. The molecule has 0 fully saturated rings. The van der Waals surface area contributed by atoms with Gasteiger partial charge in [-0.15, -0.1) is 35.3 Å². The molecule has 0 spiro atoms. The van der Waals surface area contributed by atoms with Crippen molar-refractivity contribution >= 4 is 51.3 Å². The first-order valence-corrected chi connectivity index (χ1v) is 10.7. The summed E-state index contributed by atoms with van der Waals surface area (Å²) < 4.78 is 26.8. The third-order valence-electron chi connectivity index (χ3n) is 3.55. The van der Waals surface area contributed by atoms with Crippen molar-refractivity contribution < 1.29 is 8.42 Å². The van der Waals surface area contributed by atoms with Gasteiger partial charge < -0.3 is 10.6 Å². The Balaban J connectivity index is 0.00000364. The van der Waals surface area contributed by atoms with Gasteiger partial charge in [0.05, 0.1) is 17.1 Å². The fourth-order valence-electron chi connectivity index (χ4n) is 2.10. The van der Waals surface area contributed by atoms with Gasteiger partial charge in [-0.2, -0.15) is 0 Å². The number of aliphatic imine (C=N–C) groups is 1. The van der Waals surface area contributed by atoms with E-state index in [1.807, 2.05) is 0 Å². The predicted molar refractivity (Wildman–Crippen MR) is 121 cm³/mol. The number of rotatable bonds is 8. The smallest absolute Gasteiger partial charge is 0.240 e. The molecular formula is C17H26IN5O2S2. The lowest BCUT2D eigenvalue weighted by Crippen LogP contribution is -2.41.